The highest BCUT2D eigenvalue weighted by Crippen LogP contribution is 2.35. The number of benzene rings is 2. The Kier molecular flexibility index (Phi) is 5.91. The number of aromatic nitrogens is 1. The van der Waals surface area contributed by atoms with Crippen molar-refractivity contribution in [3.8, 4) is 0 Å². The van der Waals surface area contributed by atoms with Crippen molar-refractivity contribution in [3.63, 3.8) is 0 Å². The normalized spacial score (nSPS) is 21.9. The third-order valence-electron chi connectivity index (χ3n) is 7.66. The molecule has 5 rings (SSSR count). The summed E-state index contributed by atoms with van der Waals surface area (Å²) in [6, 6.07) is 18.9. The van der Waals surface area contributed by atoms with Crippen LogP contribution in [0.5, 0.6) is 0 Å². The van der Waals surface area contributed by atoms with E-state index in [0.29, 0.717) is 5.92 Å². The molecule has 2 atom stereocenters. The molecule has 2 aliphatic rings. The minimum absolute atomic E-state index is 0.205. The third kappa shape index (κ3) is 4.01. The quantitative estimate of drug-likeness (QED) is 0.440. The van der Waals surface area contributed by atoms with Gasteiger partial charge in [-0.25, -0.2) is 0 Å². The predicted molar refractivity (Wildman–Crippen MR) is 132 cm³/mol. The van der Waals surface area contributed by atoms with E-state index in [1.54, 1.807) is 0 Å². The summed E-state index contributed by atoms with van der Waals surface area (Å²) in [5, 5.41) is 1.08. The average Bonchev–Trinajstić information content (AvgIpc) is 3.11. The van der Waals surface area contributed by atoms with E-state index >= 15 is 0 Å². The molecule has 3 aromatic rings. The van der Waals surface area contributed by atoms with Crippen LogP contribution < -0.4 is 0 Å². The Labute approximate surface area is 191 Å². The van der Waals surface area contributed by atoms with Crippen LogP contribution in [0.2, 0.25) is 0 Å². The number of allylic oxidation sites excluding steroid dienone is 2. The molecule has 1 amide bonds. The molecule has 2 aromatic carbocycles. The highest BCUT2D eigenvalue weighted by molar-refractivity contribution is 6.08. The van der Waals surface area contributed by atoms with Gasteiger partial charge < -0.3 is 9.47 Å². The van der Waals surface area contributed by atoms with Crippen molar-refractivity contribution >= 4 is 16.8 Å². The molecule has 3 nitrogen and oxygen atoms in total. The third-order valence-corrected chi connectivity index (χ3v) is 7.66. The van der Waals surface area contributed by atoms with Crippen LogP contribution in [0.15, 0.2) is 66.7 Å². The Morgan fingerprint density at radius 3 is 2.47 bits per heavy atom. The number of hydrogen-bond donors (Lipinski definition) is 0. The fraction of sp³-hybridized carbons (Fsp3) is 0.414. The number of piperidine rings is 1. The number of hydrogen-bond acceptors (Lipinski definition) is 1. The number of carbonyl (C=O) groups excluding carboxylic acids is 1. The SMILES string of the molecule is Cc1c(C(=O)N2CCC(C3C=CCC(C)C3)CC2)c2ccccc2n1Cc1ccccc1. The van der Waals surface area contributed by atoms with Gasteiger partial charge in [0.1, 0.15) is 0 Å². The van der Waals surface area contributed by atoms with Crippen LogP contribution in [0, 0.1) is 24.7 Å². The molecule has 1 aliphatic carbocycles. The number of carbonyl (C=O) groups is 1. The predicted octanol–water partition coefficient (Wildman–Crippen LogP) is 6.45. The fourth-order valence-corrected chi connectivity index (χ4v) is 5.83. The summed E-state index contributed by atoms with van der Waals surface area (Å²) >= 11 is 0. The summed E-state index contributed by atoms with van der Waals surface area (Å²) in [6.45, 7) is 7.01. The van der Waals surface area contributed by atoms with E-state index in [0.717, 1.165) is 66.5 Å². The van der Waals surface area contributed by atoms with Gasteiger partial charge in [0.15, 0.2) is 0 Å². The molecule has 2 unspecified atom stereocenters. The van der Waals surface area contributed by atoms with Gasteiger partial charge in [-0.3, -0.25) is 4.79 Å². The Balaban J connectivity index is 1.38. The van der Waals surface area contributed by atoms with Crippen molar-refractivity contribution in [2.45, 2.75) is 46.1 Å². The lowest BCUT2D eigenvalue weighted by Crippen LogP contribution is -2.40. The van der Waals surface area contributed by atoms with Crippen molar-refractivity contribution < 1.29 is 4.79 Å². The maximum Gasteiger partial charge on any atom is 0.256 e. The molecule has 32 heavy (non-hydrogen) atoms. The van der Waals surface area contributed by atoms with Gasteiger partial charge in [-0.15, -0.1) is 0 Å². The Morgan fingerprint density at radius 1 is 1.00 bits per heavy atom. The second kappa shape index (κ2) is 8.97. The molecule has 1 aliphatic heterocycles. The monoisotopic (exact) mass is 426 g/mol. The molecule has 2 heterocycles. The standard InChI is InChI=1S/C29H34N2O/c1-21-9-8-12-25(19-21)24-15-17-30(18-16-24)29(32)28-22(2)31(20-23-10-4-3-5-11-23)27-14-7-6-13-26(27)28/h3-8,10-14,21,24-25H,9,15-20H2,1-2H3. The minimum Gasteiger partial charge on any atom is -0.340 e. The van der Waals surface area contributed by atoms with E-state index in [-0.39, 0.29) is 5.91 Å². The lowest BCUT2D eigenvalue weighted by molar-refractivity contribution is 0.0663. The van der Waals surface area contributed by atoms with Crippen LogP contribution in [-0.2, 0) is 6.54 Å². The zero-order chi connectivity index (χ0) is 22.1. The molecule has 1 fully saturated rings. The first-order valence-electron chi connectivity index (χ1n) is 12.2. The Hall–Kier alpha value is -2.81. The number of fused-ring (bicyclic) bond motifs is 1. The molecule has 0 bridgehead atoms. The van der Waals surface area contributed by atoms with Gasteiger partial charge in [-0.05, 0) is 62.0 Å². The van der Waals surface area contributed by atoms with Crippen LogP contribution in [-0.4, -0.2) is 28.5 Å². The summed E-state index contributed by atoms with van der Waals surface area (Å²) in [4.78, 5) is 15.8. The van der Waals surface area contributed by atoms with E-state index in [1.807, 2.05) is 12.1 Å². The highest BCUT2D eigenvalue weighted by Gasteiger charge is 2.31. The molecule has 1 saturated heterocycles. The van der Waals surface area contributed by atoms with Gasteiger partial charge in [-0.2, -0.15) is 0 Å². The number of para-hydroxylation sites is 1. The zero-order valence-corrected chi connectivity index (χ0v) is 19.3. The van der Waals surface area contributed by atoms with Gasteiger partial charge in [-0.1, -0.05) is 67.6 Å². The van der Waals surface area contributed by atoms with Crippen LogP contribution in [0.25, 0.3) is 10.9 Å². The number of amides is 1. The van der Waals surface area contributed by atoms with Crippen LogP contribution in [0.3, 0.4) is 0 Å². The van der Waals surface area contributed by atoms with Crippen LogP contribution in [0.1, 0.15) is 54.2 Å². The molecular formula is C29H34N2O. The number of likely N-dealkylation sites (tertiary alicyclic amines) is 1. The Morgan fingerprint density at radius 2 is 1.72 bits per heavy atom. The van der Waals surface area contributed by atoms with E-state index in [2.05, 4.69) is 77.9 Å². The smallest absolute Gasteiger partial charge is 0.256 e. The molecule has 0 saturated carbocycles. The molecule has 0 N–H and O–H groups in total. The van der Waals surface area contributed by atoms with E-state index in [1.165, 1.54) is 18.4 Å². The number of rotatable bonds is 4. The van der Waals surface area contributed by atoms with Crippen LogP contribution in [0.4, 0.5) is 0 Å². The lowest BCUT2D eigenvalue weighted by Gasteiger charge is -2.37. The maximum atomic E-state index is 13.7. The summed E-state index contributed by atoms with van der Waals surface area (Å²) < 4.78 is 2.30. The molecule has 1 aromatic heterocycles. The van der Waals surface area contributed by atoms with Gasteiger partial charge in [0.05, 0.1) is 5.56 Å². The van der Waals surface area contributed by atoms with Crippen molar-refractivity contribution in [1.29, 1.82) is 0 Å². The Bertz CT molecular complexity index is 1120. The van der Waals surface area contributed by atoms with Crippen LogP contribution >= 0.6 is 0 Å². The maximum absolute atomic E-state index is 13.7. The second-order valence-electron chi connectivity index (χ2n) is 9.85. The summed E-state index contributed by atoms with van der Waals surface area (Å²) in [5.41, 5.74) is 4.37. The van der Waals surface area contributed by atoms with Gasteiger partial charge in [0.2, 0.25) is 0 Å². The molecule has 0 spiro atoms. The largest absolute Gasteiger partial charge is 0.340 e. The summed E-state index contributed by atoms with van der Waals surface area (Å²) in [7, 11) is 0. The van der Waals surface area contributed by atoms with Crippen molar-refractivity contribution in [3.05, 3.63) is 83.6 Å². The number of nitrogens with zero attached hydrogens (tertiary/aromatic N) is 2. The molecular weight excluding hydrogens is 392 g/mol. The van der Waals surface area contributed by atoms with Crippen molar-refractivity contribution in [2.75, 3.05) is 13.1 Å². The first-order valence-corrected chi connectivity index (χ1v) is 12.2. The van der Waals surface area contributed by atoms with E-state index < -0.39 is 0 Å². The molecule has 0 radical (unpaired) electrons. The van der Waals surface area contributed by atoms with Gasteiger partial charge >= 0.3 is 0 Å². The second-order valence-corrected chi connectivity index (χ2v) is 9.85. The van der Waals surface area contributed by atoms with Crippen molar-refractivity contribution in [2.24, 2.45) is 17.8 Å². The topological polar surface area (TPSA) is 25.2 Å². The zero-order valence-electron chi connectivity index (χ0n) is 19.3. The van der Waals surface area contributed by atoms with E-state index in [9.17, 15) is 4.79 Å². The van der Waals surface area contributed by atoms with E-state index in [4.69, 9.17) is 0 Å². The molecule has 166 valence electrons. The average molecular weight is 427 g/mol. The fourth-order valence-electron chi connectivity index (χ4n) is 5.83. The van der Waals surface area contributed by atoms with Gasteiger partial charge in [0.25, 0.3) is 5.91 Å². The summed E-state index contributed by atoms with van der Waals surface area (Å²) in [5.74, 6) is 2.42. The minimum atomic E-state index is 0.205. The first-order chi connectivity index (χ1) is 15.6. The van der Waals surface area contributed by atoms with Crippen molar-refractivity contribution in [1.82, 2.24) is 9.47 Å². The van der Waals surface area contributed by atoms with Gasteiger partial charge in [0, 0.05) is 36.2 Å². The summed E-state index contributed by atoms with van der Waals surface area (Å²) in [6.07, 6.45) is 9.59. The first kappa shape index (κ1) is 21.1. The lowest BCUT2D eigenvalue weighted by atomic mass is 9.76. The highest BCUT2D eigenvalue weighted by atomic mass is 16.2. The molecule has 3 heteroatoms.